The summed E-state index contributed by atoms with van der Waals surface area (Å²) in [4.78, 5) is 11.4. The van der Waals surface area contributed by atoms with Gasteiger partial charge in [-0.25, -0.2) is 0 Å². The Balaban J connectivity index is 2.78. The van der Waals surface area contributed by atoms with Crippen molar-refractivity contribution in [2.75, 3.05) is 7.11 Å². The van der Waals surface area contributed by atoms with Crippen LogP contribution in [0.1, 0.15) is 16.1 Å². The number of halogens is 1. The molecule has 4 nitrogen and oxygen atoms in total. The van der Waals surface area contributed by atoms with Crippen molar-refractivity contribution in [3.63, 3.8) is 0 Å². The third kappa shape index (κ3) is 1.99. The van der Waals surface area contributed by atoms with Crippen LogP contribution in [-0.2, 0) is 4.74 Å². The number of ether oxygens (including phenoxy) is 1. The number of esters is 1. The van der Waals surface area contributed by atoms with Crippen LogP contribution < -0.4 is 0 Å². The number of aromatic nitrogens is 2. The van der Waals surface area contributed by atoms with Crippen molar-refractivity contribution in [1.82, 2.24) is 7.59 Å². The number of carbonyl (C=O) groups is 1. The minimum absolute atomic E-state index is 0.0823. The number of nitrogens with zero attached hydrogens (tertiary/aromatic N) is 2. The predicted molar refractivity (Wildman–Crippen MR) is 62.3 cm³/mol. The van der Waals surface area contributed by atoms with E-state index in [2.05, 4.69) is 16.4 Å². The van der Waals surface area contributed by atoms with Crippen molar-refractivity contribution < 1.29 is 13.9 Å². The van der Waals surface area contributed by atoms with Gasteiger partial charge in [0.05, 0.1) is 0 Å². The summed E-state index contributed by atoms with van der Waals surface area (Å²) in [6, 6.07) is 2.76. The van der Waals surface area contributed by atoms with Crippen molar-refractivity contribution in [2.24, 2.45) is 0 Å². The van der Waals surface area contributed by atoms with Gasteiger partial charge in [-0.1, -0.05) is 0 Å². The zero-order valence-corrected chi connectivity index (χ0v) is 13.6. The van der Waals surface area contributed by atoms with E-state index in [1.54, 1.807) is 8.57 Å². The molecule has 2 aromatic rings. The maximum atomic E-state index is 13.7. The van der Waals surface area contributed by atoms with E-state index in [1.807, 2.05) is 0 Å². The molecule has 17 heavy (non-hydrogen) atoms. The van der Waals surface area contributed by atoms with Crippen molar-refractivity contribution in [2.45, 2.75) is 0 Å². The predicted octanol–water partition coefficient (Wildman–Crippen LogP) is 1.54. The molecule has 0 aliphatic carbocycles. The number of benzene rings is 1. The summed E-state index contributed by atoms with van der Waals surface area (Å²) in [6.07, 6.45) is 1.58. The SMILES string of the molecule is C=Cc1n[n]([Tl])c2cc(F)c(C(=O)OC)cc12. The van der Waals surface area contributed by atoms with Crippen LogP contribution in [0.25, 0.3) is 17.0 Å². The van der Waals surface area contributed by atoms with E-state index in [-0.39, 0.29) is 5.56 Å². The molecule has 0 N–H and O–H groups in total. The Kier molecular flexibility index (Phi) is 3.27. The van der Waals surface area contributed by atoms with E-state index < -0.39 is 11.8 Å². The number of carbonyl (C=O) groups excluding carboxylic acids is 1. The molecule has 1 heterocycles. The van der Waals surface area contributed by atoms with Gasteiger partial charge in [-0.15, -0.1) is 0 Å². The molecular formula is C11H8FN2O2Tl. The summed E-state index contributed by atoms with van der Waals surface area (Å²) in [5.41, 5.74) is 1.24. The van der Waals surface area contributed by atoms with E-state index in [0.29, 0.717) is 42.7 Å². The van der Waals surface area contributed by atoms with E-state index in [0.717, 1.165) is 0 Å². The van der Waals surface area contributed by atoms with Crippen LogP contribution in [0.4, 0.5) is 4.39 Å². The topological polar surface area (TPSA) is 44.1 Å². The van der Waals surface area contributed by atoms with Gasteiger partial charge in [0, 0.05) is 0 Å². The van der Waals surface area contributed by atoms with E-state index in [9.17, 15) is 9.18 Å². The fraction of sp³-hybridized carbons (Fsp3) is 0.0909. The van der Waals surface area contributed by atoms with Gasteiger partial charge < -0.3 is 0 Å². The van der Waals surface area contributed by atoms with Gasteiger partial charge in [0.2, 0.25) is 0 Å². The van der Waals surface area contributed by atoms with Gasteiger partial charge in [-0.3, -0.25) is 0 Å². The van der Waals surface area contributed by atoms with Crippen LogP contribution >= 0.6 is 0 Å². The van der Waals surface area contributed by atoms with E-state index >= 15 is 0 Å². The van der Waals surface area contributed by atoms with Gasteiger partial charge in [-0.2, -0.15) is 0 Å². The third-order valence-corrected chi connectivity index (χ3v) is 3.95. The Morgan fingerprint density at radius 1 is 1.65 bits per heavy atom. The van der Waals surface area contributed by atoms with E-state index in [1.165, 1.54) is 19.2 Å². The molecule has 84 valence electrons. The number of methoxy groups -OCH3 is 1. The van der Waals surface area contributed by atoms with Crippen molar-refractivity contribution >= 4 is 49.0 Å². The zero-order chi connectivity index (χ0) is 12.6. The Bertz CT molecular complexity index is 621. The van der Waals surface area contributed by atoms with Gasteiger partial charge in [0.1, 0.15) is 0 Å². The van der Waals surface area contributed by atoms with Gasteiger partial charge in [-0.05, 0) is 0 Å². The van der Waals surface area contributed by atoms with Crippen molar-refractivity contribution in [3.05, 3.63) is 35.8 Å². The zero-order valence-electron chi connectivity index (χ0n) is 9.11. The molecule has 0 amide bonds. The molecule has 0 saturated heterocycles. The van der Waals surface area contributed by atoms with Crippen LogP contribution in [0.15, 0.2) is 18.7 Å². The van der Waals surface area contributed by atoms with Crippen molar-refractivity contribution in [1.29, 1.82) is 0 Å². The fourth-order valence-electron chi connectivity index (χ4n) is 1.60. The molecule has 1 aromatic carbocycles. The number of hydrogen-bond acceptors (Lipinski definition) is 3. The summed E-state index contributed by atoms with van der Waals surface area (Å²) in [6.45, 7) is 3.64. The second kappa shape index (κ2) is 4.55. The Labute approximate surface area is 113 Å². The first kappa shape index (κ1) is 12.2. The van der Waals surface area contributed by atoms with Gasteiger partial charge in [0.15, 0.2) is 0 Å². The first-order valence-corrected chi connectivity index (χ1v) is 6.77. The summed E-state index contributed by atoms with van der Waals surface area (Å²) in [5, 5.41) is 4.94. The number of rotatable bonds is 2. The monoisotopic (exact) mass is 424 g/mol. The molecule has 0 radical (unpaired) electrons. The molecule has 1 aromatic heterocycles. The molecule has 6 heteroatoms. The normalized spacial score (nSPS) is 10.4. The van der Waals surface area contributed by atoms with Crippen molar-refractivity contribution in [3.8, 4) is 0 Å². The number of hydrogen-bond donors (Lipinski definition) is 0. The first-order valence-electron chi connectivity index (χ1n) is 4.76. The fourth-order valence-corrected chi connectivity index (χ4v) is 2.91. The summed E-state index contributed by atoms with van der Waals surface area (Å²) in [5.74, 6) is -1.29. The van der Waals surface area contributed by atoms with Crippen LogP contribution in [0, 0.1) is 5.82 Å². The van der Waals surface area contributed by atoms with Gasteiger partial charge >= 0.3 is 113 Å². The Hall–Kier alpha value is -1.25. The standard InChI is InChI=1S/C11H9FN2O2.Tl/c1-3-9-7-4-6(11(15)16-2)8(12)5-10(7)14-13-9;/h3-5H,1H2,2H3,(H,13,14,15);/q;+1/p-1. The van der Waals surface area contributed by atoms with E-state index in [4.69, 9.17) is 0 Å². The quantitative estimate of drug-likeness (QED) is 0.544. The van der Waals surface area contributed by atoms with Gasteiger partial charge in [0.25, 0.3) is 0 Å². The molecule has 0 aliphatic rings. The molecule has 0 atom stereocenters. The molecule has 0 unspecified atom stereocenters. The Morgan fingerprint density at radius 2 is 2.35 bits per heavy atom. The molecule has 0 saturated carbocycles. The second-order valence-corrected chi connectivity index (χ2v) is 5.28. The molecule has 0 aliphatic heterocycles. The minimum atomic E-state index is -0.692. The van der Waals surface area contributed by atoms with Crippen LogP contribution in [0.5, 0.6) is 0 Å². The molecular weight excluding hydrogens is 416 g/mol. The maximum absolute atomic E-state index is 13.7. The molecule has 0 bridgehead atoms. The molecule has 0 spiro atoms. The second-order valence-electron chi connectivity index (χ2n) is 3.37. The van der Waals surface area contributed by atoms with Crippen LogP contribution in [0.3, 0.4) is 0 Å². The summed E-state index contributed by atoms with van der Waals surface area (Å²) >= 11 is 0.416. The van der Waals surface area contributed by atoms with Crippen LogP contribution in [0.2, 0.25) is 0 Å². The Morgan fingerprint density at radius 3 is 2.94 bits per heavy atom. The molecule has 2 rings (SSSR count). The average molecular weight is 424 g/mol. The first-order chi connectivity index (χ1) is 8.08. The summed E-state index contributed by atoms with van der Waals surface area (Å²) in [7, 11) is 1.22. The summed E-state index contributed by atoms with van der Waals surface area (Å²) < 4.78 is 19.9. The van der Waals surface area contributed by atoms with Crippen LogP contribution in [-0.4, -0.2) is 46.7 Å². The average Bonchev–Trinajstić information content (AvgIpc) is 2.64. The third-order valence-electron chi connectivity index (χ3n) is 2.42. The number of fused-ring (bicyclic) bond motifs is 1. The molecule has 0 fully saturated rings.